The summed E-state index contributed by atoms with van der Waals surface area (Å²) in [5.41, 5.74) is 3.38. The molecule has 148 valence electrons. The van der Waals surface area contributed by atoms with E-state index in [1.807, 2.05) is 42.8 Å². The maximum absolute atomic E-state index is 12.6. The van der Waals surface area contributed by atoms with Gasteiger partial charge in [0.05, 0.1) is 18.3 Å². The van der Waals surface area contributed by atoms with Crippen molar-refractivity contribution >= 4 is 18.3 Å². The Morgan fingerprint density at radius 3 is 2.70 bits per heavy atom. The number of ether oxygens (including phenoxy) is 1. The van der Waals surface area contributed by atoms with Crippen molar-refractivity contribution in [3.05, 3.63) is 46.8 Å². The van der Waals surface area contributed by atoms with Crippen molar-refractivity contribution in [2.75, 3.05) is 19.7 Å². The van der Waals surface area contributed by atoms with E-state index in [9.17, 15) is 4.79 Å². The van der Waals surface area contributed by atoms with Crippen molar-refractivity contribution in [3.63, 3.8) is 0 Å². The Bertz CT molecular complexity index is 743. The first-order valence-electron chi connectivity index (χ1n) is 9.26. The molecule has 0 radical (unpaired) electrons. The molecule has 0 spiro atoms. The first-order valence-corrected chi connectivity index (χ1v) is 9.26. The second-order valence-electron chi connectivity index (χ2n) is 6.54. The highest BCUT2D eigenvalue weighted by atomic mass is 35.5. The largest absolute Gasteiger partial charge is 0.377 e. The van der Waals surface area contributed by atoms with Crippen LogP contribution in [0.15, 0.2) is 24.3 Å². The zero-order valence-electron chi connectivity index (χ0n) is 15.9. The fourth-order valence-corrected chi connectivity index (χ4v) is 3.29. The van der Waals surface area contributed by atoms with Crippen LogP contribution in [0.1, 0.15) is 53.1 Å². The van der Waals surface area contributed by atoms with Crippen LogP contribution in [-0.4, -0.2) is 40.6 Å². The maximum Gasteiger partial charge on any atom is 0.274 e. The second-order valence-corrected chi connectivity index (χ2v) is 6.54. The van der Waals surface area contributed by atoms with Crippen LogP contribution >= 0.6 is 12.4 Å². The minimum Gasteiger partial charge on any atom is -0.377 e. The predicted molar refractivity (Wildman–Crippen MR) is 106 cm³/mol. The summed E-state index contributed by atoms with van der Waals surface area (Å²) < 4.78 is 7.40. The molecule has 0 atom stereocenters. The molecule has 0 aliphatic carbocycles. The van der Waals surface area contributed by atoms with Gasteiger partial charge in [-0.15, -0.1) is 17.5 Å². The van der Waals surface area contributed by atoms with Crippen LogP contribution < -0.4 is 10.6 Å². The van der Waals surface area contributed by atoms with E-state index in [-0.39, 0.29) is 18.3 Å². The Morgan fingerprint density at radius 2 is 2.00 bits per heavy atom. The molecule has 3 rings (SSSR count). The van der Waals surface area contributed by atoms with Gasteiger partial charge in [-0.05, 0) is 50.9 Å². The smallest absolute Gasteiger partial charge is 0.274 e. The SMILES string of the molecule is CCOCc1ccccc1CNC(=O)c1nnn(C2CCNCC2)c1C.Cl. The maximum atomic E-state index is 12.6. The third-order valence-electron chi connectivity index (χ3n) is 4.82. The van der Waals surface area contributed by atoms with Crippen LogP contribution in [0.4, 0.5) is 0 Å². The van der Waals surface area contributed by atoms with E-state index >= 15 is 0 Å². The van der Waals surface area contributed by atoms with Gasteiger partial charge < -0.3 is 15.4 Å². The molecule has 0 bridgehead atoms. The van der Waals surface area contributed by atoms with Crippen molar-refractivity contribution in [1.82, 2.24) is 25.6 Å². The van der Waals surface area contributed by atoms with Crippen LogP contribution in [0.3, 0.4) is 0 Å². The fraction of sp³-hybridized carbons (Fsp3) is 0.526. The highest BCUT2D eigenvalue weighted by molar-refractivity contribution is 5.93. The molecule has 2 aromatic rings. The molecule has 1 aromatic carbocycles. The molecule has 1 aliphatic rings. The number of rotatable bonds is 7. The number of nitrogens with zero attached hydrogens (tertiary/aromatic N) is 3. The first-order chi connectivity index (χ1) is 12.7. The lowest BCUT2D eigenvalue weighted by Gasteiger charge is -2.23. The number of amides is 1. The number of halogens is 1. The van der Waals surface area contributed by atoms with E-state index in [1.54, 1.807) is 0 Å². The minimum absolute atomic E-state index is 0. The number of hydrogen-bond donors (Lipinski definition) is 2. The summed E-state index contributed by atoms with van der Waals surface area (Å²) in [6, 6.07) is 8.30. The average Bonchev–Trinajstić information content (AvgIpc) is 3.07. The first kappa shape index (κ1) is 21.3. The number of benzene rings is 1. The minimum atomic E-state index is -0.186. The molecule has 7 nitrogen and oxygen atoms in total. The van der Waals surface area contributed by atoms with E-state index in [4.69, 9.17) is 4.74 Å². The molecule has 8 heteroatoms. The Morgan fingerprint density at radius 1 is 1.30 bits per heavy atom. The highest BCUT2D eigenvalue weighted by Gasteiger charge is 2.22. The molecule has 1 amide bonds. The molecular weight excluding hydrogens is 366 g/mol. The Kier molecular flexibility index (Phi) is 8.22. The van der Waals surface area contributed by atoms with Crippen molar-refractivity contribution in [1.29, 1.82) is 0 Å². The standard InChI is InChI=1S/C19H27N5O2.ClH/c1-3-26-13-16-7-5-4-6-15(16)12-21-19(25)18-14(2)24(23-22-18)17-8-10-20-11-9-17;/h4-7,17,20H,3,8-13H2,1-2H3,(H,21,25);1H. The summed E-state index contributed by atoms with van der Waals surface area (Å²) in [6.07, 6.45) is 2.02. The average molecular weight is 394 g/mol. The van der Waals surface area contributed by atoms with E-state index in [1.165, 1.54) is 0 Å². The zero-order chi connectivity index (χ0) is 18.4. The molecule has 1 aliphatic heterocycles. The summed E-state index contributed by atoms with van der Waals surface area (Å²) in [5, 5.41) is 14.7. The molecular formula is C19H28ClN5O2. The number of nitrogens with one attached hydrogen (secondary N) is 2. The van der Waals surface area contributed by atoms with Crippen LogP contribution in [-0.2, 0) is 17.9 Å². The van der Waals surface area contributed by atoms with Gasteiger partial charge in [0, 0.05) is 13.2 Å². The summed E-state index contributed by atoms with van der Waals surface area (Å²) in [6.45, 7) is 7.50. The molecule has 1 saturated heterocycles. The predicted octanol–water partition coefficient (Wildman–Crippen LogP) is 2.40. The third kappa shape index (κ3) is 5.28. The number of carbonyl (C=O) groups excluding carboxylic acids is 1. The number of piperidine rings is 1. The lowest BCUT2D eigenvalue weighted by molar-refractivity contribution is 0.0944. The van der Waals surface area contributed by atoms with E-state index in [0.29, 0.717) is 31.5 Å². The van der Waals surface area contributed by atoms with Gasteiger partial charge in [0.15, 0.2) is 5.69 Å². The topological polar surface area (TPSA) is 81.1 Å². The van der Waals surface area contributed by atoms with Crippen LogP contribution in [0.5, 0.6) is 0 Å². The number of hydrogen-bond acceptors (Lipinski definition) is 5. The van der Waals surface area contributed by atoms with Gasteiger partial charge in [-0.25, -0.2) is 4.68 Å². The van der Waals surface area contributed by atoms with Gasteiger partial charge in [-0.2, -0.15) is 0 Å². The fourth-order valence-electron chi connectivity index (χ4n) is 3.29. The lowest BCUT2D eigenvalue weighted by atomic mass is 10.1. The van der Waals surface area contributed by atoms with Gasteiger partial charge >= 0.3 is 0 Å². The Hall–Kier alpha value is -1.96. The molecule has 0 saturated carbocycles. The van der Waals surface area contributed by atoms with Gasteiger partial charge in [0.25, 0.3) is 5.91 Å². The Balaban J connectivity index is 0.00000261. The third-order valence-corrected chi connectivity index (χ3v) is 4.82. The van der Waals surface area contributed by atoms with Crippen molar-refractivity contribution in [2.24, 2.45) is 0 Å². The van der Waals surface area contributed by atoms with E-state index in [2.05, 4.69) is 20.9 Å². The normalized spacial score (nSPS) is 14.6. The quantitative estimate of drug-likeness (QED) is 0.754. The molecule has 1 fully saturated rings. The van der Waals surface area contributed by atoms with Crippen molar-refractivity contribution in [3.8, 4) is 0 Å². The molecule has 2 N–H and O–H groups in total. The summed E-state index contributed by atoms with van der Waals surface area (Å²) in [7, 11) is 0. The van der Waals surface area contributed by atoms with Gasteiger partial charge in [-0.1, -0.05) is 29.5 Å². The number of aromatic nitrogens is 3. The summed E-state index contributed by atoms with van der Waals surface area (Å²) in [4.78, 5) is 12.6. The lowest BCUT2D eigenvalue weighted by Crippen LogP contribution is -2.30. The second kappa shape index (κ2) is 10.4. The van der Waals surface area contributed by atoms with E-state index in [0.717, 1.165) is 42.8 Å². The van der Waals surface area contributed by atoms with Gasteiger partial charge in [0.1, 0.15) is 0 Å². The molecule has 0 unspecified atom stereocenters. The summed E-state index contributed by atoms with van der Waals surface area (Å²) >= 11 is 0. The monoisotopic (exact) mass is 393 g/mol. The van der Waals surface area contributed by atoms with Crippen LogP contribution in [0.2, 0.25) is 0 Å². The molecule has 27 heavy (non-hydrogen) atoms. The zero-order valence-corrected chi connectivity index (χ0v) is 16.7. The van der Waals surface area contributed by atoms with Crippen molar-refractivity contribution < 1.29 is 9.53 Å². The van der Waals surface area contributed by atoms with E-state index < -0.39 is 0 Å². The number of carbonyl (C=O) groups is 1. The Labute approximate surface area is 166 Å². The van der Waals surface area contributed by atoms with Crippen molar-refractivity contribution in [2.45, 2.75) is 45.9 Å². The van der Waals surface area contributed by atoms with Gasteiger partial charge in [0.2, 0.25) is 0 Å². The summed E-state index contributed by atoms with van der Waals surface area (Å²) in [5.74, 6) is -0.186. The molecule has 1 aromatic heterocycles. The molecule has 2 heterocycles. The van der Waals surface area contributed by atoms with Crippen LogP contribution in [0.25, 0.3) is 0 Å². The van der Waals surface area contributed by atoms with Crippen LogP contribution in [0, 0.1) is 6.92 Å². The highest BCUT2D eigenvalue weighted by Crippen LogP contribution is 2.20. The van der Waals surface area contributed by atoms with Gasteiger partial charge in [-0.3, -0.25) is 4.79 Å².